The van der Waals surface area contributed by atoms with Crippen LogP contribution < -0.4 is 0 Å². The molecule has 0 bridgehead atoms. The molecule has 1 heterocycles. The van der Waals surface area contributed by atoms with E-state index in [4.69, 9.17) is 5.11 Å². The molecule has 0 saturated heterocycles. The van der Waals surface area contributed by atoms with Gasteiger partial charge in [0.1, 0.15) is 12.2 Å². The SMILES string of the molecule is OCC=C(F)c1ccc(-c2ccncn2)cc1. The van der Waals surface area contributed by atoms with E-state index in [9.17, 15) is 4.39 Å². The highest BCUT2D eigenvalue weighted by Gasteiger charge is 2.01. The van der Waals surface area contributed by atoms with Crippen molar-refractivity contribution in [3.63, 3.8) is 0 Å². The number of aliphatic hydroxyl groups excluding tert-OH is 1. The fourth-order valence-corrected chi connectivity index (χ4v) is 1.46. The molecule has 2 aromatic rings. The number of halogens is 1. The van der Waals surface area contributed by atoms with Crippen molar-refractivity contribution in [3.8, 4) is 11.3 Å². The summed E-state index contributed by atoms with van der Waals surface area (Å²) in [6.45, 7) is -0.306. The van der Waals surface area contributed by atoms with Gasteiger partial charge in [0.15, 0.2) is 0 Å². The number of hydrogen-bond donors (Lipinski definition) is 1. The Bertz CT molecular complexity index is 509. The molecule has 17 heavy (non-hydrogen) atoms. The molecule has 1 N–H and O–H groups in total. The predicted octanol–water partition coefficient (Wildman–Crippen LogP) is 2.45. The number of nitrogens with zero attached hydrogens (tertiary/aromatic N) is 2. The van der Waals surface area contributed by atoms with Gasteiger partial charge in [0.05, 0.1) is 12.3 Å². The largest absolute Gasteiger partial charge is 0.392 e. The number of hydrogen-bond acceptors (Lipinski definition) is 3. The molecule has 0 aliphatic heterocycles. The van der Waals surface area contributed by atoms with Crippen LogP contribution in [0.3, 0.4) is 0 Å². The fraction of sp³-hybridized carbons (Fsp3) is 0.0769. The molecule has 0 aliphatic carbocycles. The number of benzene rings is 1. The summed E-state index contributed by atoms with van der Waals surface area (Å²) in [4.78, 5) is 7.93. The highest BCUT2D eigenvalue weighted by atomic mass is 19.1. The van der Waals surface area contributed by atoms with E-state index in [1.54, 1.807) is 36.5 Å². The summed E-state index contributed by atoms with van der Waals surface area (Å²) in [5, 5.41) is 8.60. The van der Waals surface area contributed by atoms with Gasteiger partial charge in [0.2, 0.25) is 0 Å². The van der Waals surface area contributed by atoms with Crippen molar-refractivity contribution < 1.29 is 9.50 Å². The maximum atomic E-state index is 13.3. The molecule has 0 atom stereocenters. The van der Waals surface area contributed by atoms with Gasteiger partial charge in [-0.3, -0.25) is 0 Å². The Hall–Kier alpha value is -2.07. The van der Waals surface area contributed by atoms with Crippen LogP contribution in [0.5, 0.6) is 0 Å². The van der Waals surface area contributed by atoms with Crippen molar-refractivity contribution in [2.45, 2.75) is 0 Å². The van der Waals surface area contributed by atoms with Gasteiger partial charge < -0.3 is 5.11 Å². The molecule has 0 unspecified atom stereocenters. The minimum Gasteiger partial charge on any atom is -0.392 e. The van der Waals surface area contributed by atoms with E-state index in [1.807, 2.05) is 0 Å². The van der Waals surface area contributed by atoms with Crippen LogP contribution in [0.4, 0.5) is 4.39 Å². The van der Waals surface area contributed by atoms with Crippen LogP contribution in [0.25, 0.3) is 17.1 Å². The molecule has 0 spiro atoms. The van der Waals surface area contributed by atoms with Gasteiger partial charge in [-0.25, -0.2) is 14.4 Å². The van der Waals surface area contributed by atoms with Crippen LogP contribution in [0.1, 0.15) is 5.56 Å². The normalized spacial score (nSPS) is 11.5. The summed E-state index contributed by atoms with van der Waals surface area (Å²) in [5.74, 6) is -0.429. The zero-order valence-corrected chi connectivity index (χ0v) is 9.05. The first-order valence-corrected chi connectivity index (χ1v) is 5.14. The Labute approximate surface area is 98.3 Å². The Kier molecular flexibility index (Phi) is 3.57. The fourth-order valence-electron chi connectivity index (χ4n) is 1.46. The highest BCUT2D eigenvalue weighted by Crippen LogP contribution is 2.21. The van der Waals surface area contributed by atoms with Crippen LogP contribution >= 0.6 is 0 Å². The molecule has 3 nitrogen and oxygen atoms in total. The smallest absolute Gasteiger partial charge is 0.128 e. The first kappa shape index (κ1) is 11.4. The number of rotatable bonds is 3. The lowest BCUT2D eigenvalue weighted by molar-refractivity contribution is 0.342. The second kappa shape index (κ2) is 5.32. The van der Waals surface area contributed by atoms with Crippen molar-refractivity contribution >= 4 is 5.83 Å². The monoisotopic (exact) mass is 230 g/mol. The minimum atomic E-state index is -0.429. The molecule has 1 aromatic carbocycles. The Morgan fingerprint density at radius 1 is 1.24 bits per heavy atom. The van der Waals surface area contributed by atoms with E-state index in [0.717, 1.165) is 17.3 Å². The molecule has 0 amide bonds. The molecule has 0 saturated carbocycles. The maximum absolute atomic E-state index is 13.3. The Morgan fingerprint density at radius 2 is 2.00 bits per heavy atom. The van der Waals surface area contributed by atoms with Crippen LogP contribution in [0.15, 0.2) is 48.9 Å². The Balaban J connectivity index is 2.28. The van der Waals surface area contributed by atoms with E-state index in [-0.39, 0.29) is 6.61 Å². The van der Waals surface area contributed by atoms with Crippen molar-refractivity contribution in [1.82, 2.24) is 9.97 Å². The average molecular weight is 230 g/mol. The van der Waals surface area contributed by atoms with Crippen LogP contribution in [-0.4, -0.2) is 21.7 Å². The minimum absolute atomic E-state index is 0.306. The van der Waals surface area contributed by atoms with Gasteiger partial charge in [0, 0.05) is 17.3 Å². The lowest BCUT2D eigenvalue weighted by Crippen LogP contribution is -1.85. The van der Waals surface area contributed by atoms with Crippen LogP contribution in [-0.2, 0) is 0 Å². The van der Waals surface area contributed by atoms with Crippen molar-refractivity contribution in [1.29, 1.82) is 0 Å². The molecule has 0 fully saturated rings. The third kappa shape index (κ3) is 2.73. The van der Waals surface area contributed by atoms with Gasteiger partial charge in [-0.1, -0.05) is 24.3 Å². The van der Waals surface area contributed by atoms with Crippen molar-refractivity contribution in [2.24, 2.45) is 0 Å². The summed E-state index contributed by atoms with van der Waals surface area (Å²) >= 11 is 0. The summed E-state index contributed by atoms with van der Waals surface area (Å²) in [7, 11) is 0. The van der Waals surface area contributed by atoms with Gasteiger partial charge in [-0.15, -0.1) is 0 Å². The van der Waals surface area contributed by atoms with Crippen molar-refractivity contribution in [3.05, 3.63) is 54.5 Å². The van der Waals surface area contributed by atoms with E-state index >= 15 is 0 Å². The summed E-state index contributed by atoms with van der Waals surface area (Å²) in [6, 6.07) is 8.65. The van der Waals surface area contributed by atoms with E-state index < -0.39 is 5.83 Å². The average Bonchev–Trinajstić information content (AvgIpc) is 2.40. The third-order valence-electron chi connectivity index (χ3n) is 2.31. The maximum Gasteiger partial charge on any atom is 0.128 e. The van der Waals surface area contributed by atoms with E-state index in [1.165, 1.54) is 6.33 Å². The molecule has 0 radical (unpaired) electrons. The quantitative estimate of drug-likeness (QED) is 0.880. The molecule has 2 rings (SSSR count). The molecule has 1 aromatic heterocycles. The highest BCUT2D eigenvalue weighted by molar-refractivity contribution is 5.65. The molecular weight excluding hydrogens is 219 g/mol. The molecule has 4 heteroatoms. The first-order valence-electron chi connectivity index (χ1n) is 5.14. The zero-order valence-electron chi connectivity index (χ0n) is 9.05. The molecule has 0 aliphatic rings. The third-order valence-corrected chi connectivity index (χ3v) is 2.31. The topological polar surface area (TPSA) is 46.0 Å². The van der Waals surface area contributed by atoms with Gasteiger partial charge in [-0.05, 0) is 12.1 Å². The Morgan fingerprint density at radius 3 is 2.59 bits per heavy atom. The summed E-state index contributed by atoms with van der Waals surface area (Å²) < 4.78 is 13.3. The van der Waals surface area contributed by atoms with Gasteiger partial charge >= 0.3 is 0 Å². The second-order valence-electron chi connectivity index (χ2n) is 3.41. The lowest BCUT2D eigenvalue weighted by atomic mass is 10.1. The van der Waals surface area contributed by atoms with E-state index in [0.29, 0.717) is 5.56 Å². The van der Waals surface area contributed by atoms with Gasteiger partial charge in [0.25, 0.3) is 0 Å². The van der Waals surface area contributed by atoms with Gasteiger partial charge in [-0.2, -0.15) is 0 Å². The van der Waals surface area contributed by atoms with Crippen molar-refractivity contribution in [2.75, 3.05) is 6.61 Å². The summed E-state index contributed by atoms with van der Waals surface area (Å²) in [6.07, 6.45) is 4.25. The molecular formula is C13H11FN2O. The zero-order chi connectivity index (χ0) is 12.1. The predicted molar refractivity (Wildman–Crippen MR) is 63.6 cm³/mol. The van der Waals surface area contributed by atoms with Crippen LogP contribution in [0.2, 0.25) is 0 Å². The van der Waals surface area contributed by atoms with Crippen LogP contribution in [0, 0.1) is 0 Å². The second-order valence-corrected chi connectivity index (χ2v) is 3.41. The lowest BCUT2D eigenvalue weighted by Gasteiger charge is -2.01. The van der Waals surface area contributed by atoms with E-state index in [2.05, 4.69) is 9.97 Å². The molecule has 86 valence electrons. The number of aromatic nitrogens is 2. The standard InChI is InChI=1S/C13H11FN2O/c14-12(6-8-17)10-1-3-11(4-2-10)13-5-7-15-9-16-13/h1-7,9,17H,8H2. The number of aliphatic hydroxyl groups is 1. The summed E-state index contributed by atoms with van der Waals surface area (Å²) in [5.41, 5.74) is 2.13. The first-order chi connectivity index (χ1) is 8.31.